The molecule has 0 saturated carbocycles. The van der Waals surface area contributed by atoms with Crippen molar-refractivity contribution in [1.82, 2.24) is 5.06 Å². The Labute approximate surface area is 128 Å². The van der Waals surface area contributed by atoms with Crippen molar-refractivity contribution in [2.24, 2.45) is 4.99 Å². The molecule has 0 radical (unpaired) electrons. The van der Waals surface area contributed by atoms with Gasteiger partial charge in [-0.25, -0.2) is 0 Å². The third-order valence-electron chi connectivity index (χ3n) is 3.40. The highest BCUT2D eigenvalue weighted by molar-refractivity contribution is 6.32. The molecule has 0 atom stereocenters. The van der Waals surface area contributed by atoms with Gasteiger partial charge in [0.2, 0.25) is 0 Å². The molecular weight excluding hydrogens is 280 g/mol. The molecule has 2 heterocycles. The average Bonchev–Trinajstić information content (AvgIpc) is 2.84. The lowest BCUT2D eigenvalue weighted by Crippen LogP contribution is -2.38. The molecule has 0 aromatic heterocycles. The Balaban J connectivity index is 1.92. The number of hydrogen-bond donors (Lipinski definition) is 1. The number of anilines is 1. The number of hydroxylamine groups is 2. The maximum atomic E-state index is 12.1. The lowest BCUT2D eigenvalue weighted by Gasteiger charge is -2.23. The summed E-state index contributed by atoms with van der Waals surface area (Å²) >= 11 is 0. The van der Waals surface area contributed by atoms with Crippen LogP contribution in [0.25, 0.3) is 6.08 Å². The molecule has 0 unspecified atom stereocenters. The third-order valence-corrected chi connectivity index (χ3v) is 3.40. The minimum Gasteiger partial charge on any atom is -0.378 e. The minimum atomic E-state index is -0.428. The van der Waals surface area contributed by atoms with Crippen LogP contribution in [-0.4, -0.2) is 36.7 Å². The molecule has 1 amide bonds. The van der Waals surface area contributed by atoms with Crippen molar-refractivity contribution < 1.29 is 9.63 Å². The molecule has 22 heavy (non-hydrogen) atoms. The van der Waals surface area contributed by atoms with E-state index in [1.165, 1.54) is 5.06 Å². The molecule has 0 saturated heterocycles. The van der Waals surface area contributed by atoms with E-state index in [2.05, 4.69) is 4.99 Å². The second kappa shape index (κ2) is 5.14. The number of aliphatic imine (C=N–C) groups is 1. The number of carbonyl (C=O) groups is 1. The van der Waals surface area contributed by atoms with Crippen molar-refractivity contribution in [3.05, 3.63) is 47.2 Å². The van der Waals surface area contributed by atoms with Crippen LogP contribution in [0.5, 0.6) is 0 Å². The molecule has 0 bridgehead atoms. The molecule has 6 nitrogen and oxygen atoms in total. The minimum absolute atomic E-state index is 0.000198. The topological polar surface area (TPSA) is 69.0 Å². The van der Waals surface area contributed by atoms with Gasteiger partial charge in [0.25, 0.3) is 5.91 Å². The number of fused-ring (bicyclic) bond motifs is 1. The number of nitrogens with one attached hydrogen (secondary N) is 1. The van der Waals surface area contributed by atoms with Crippen molar-refractivity contribution in [1.29, 1.82) is 5.41 Å². The van der Waals surface area contributed by atoms with Gasteiger partial charge in [-0.1, -0.05) is 12.1 Å². The maximum absolute atomic E-state index is 12.1. The fourth-order valence-corrected chi connectivity index (χ4v) is 2.24. The normalized spacial score (nSPS) is 18.9. The molecule has 112 valence electrons. The Morgan fingerprint density at radius 1 is 1.27 bits per heavy atom. The predicted octanol–water partition coefficient (Wildman–Crippen LogP) is 2.20. The summed E-state index contributed by atoms with van der Waals surface area (Å²) in [5.74, 6) is 0.530. The van der Waals surface area contributed by atoms with Gasteiger partial charge in [0, 0.05) is 25.9 Å². The maximum Gasteiger partial charge on any atom is 0.282 e. The summed E-state index contributed by atoms with van der Waals surface area (Å²) in [4.78, 5) is 23.4. The number of rotatable bonds is 2. The van der Waals surface area contributed by atoms with Crippen LogP contribution in [0.1, 0.15) is 12.5 Å². The van der Waals surface area contributed by atoms with Crippen molar-refractivity contribution in [2.75, 3.05) is 19.0 Å². The van der Waals surface area contributed by atoms with Gasteiger partial charge in [0.05, 0.1) is 5.57 Å². The van der Waals surface area contributed by atoms with E-state index in [0.717, 1.165) is 11.3 Å². The SMILES string of the molecule is CC1=CC2=NC(=O)C(=Cc3ccc(N(C)C)cc3)C(=N)N2O1. The second-order valence-electron chi connectivity index (χ2n) is 5.31. The van der Waals surface area contributed by atoms with E-state index in [1.54, 1.807) is 19.1 Å². The highest BCUT2D eigenvalue weighted by Gasteiger charge is 2.34. The van der Waals surface area contributed by atoms with Gasteiger partial charge in [-0.3, -0.25) is 10.2 Å². The Morgan fingerprint density at radius 2 is 1.95 bits per heavy atom. The Bertz CT molecular complexity index is 742. The van der Waals surface area contributed by atoms with Gasteiger partial charge in [-0.05, 0) is 30.7 Å². The van der Waals surface area contributed by atoms with E-state index < -0.39 is 5.91 Å². The Morgan fingerprint density at radius 3 is 2.59 bits per heavy atom. The van der Waals surface area contributed by atoms with Gasteiger partial charge < -0.3 is 9.74 Å². The average molecular weight is 296 g/mol. The van der Waals surface area contributed by atoms with Crippen molar-refractivity contribution in [2.45, 2.75) is 6.92 Å². The largest absolute Gasteiger partial charge is 0.378 e. The van der Waals surface area contributed by atoms with Crippen LogP contribution in [0.15, 0.2) is 46.7 Å². The first-order valence-electron chi connectivity index (χ1n) is 6.83. The highest BCUT2D eigenvalue weighted by atomic mass is 16.7. The smallest absolute Gasteiger partial charge is 0.282 e. The van der Waals surface area contributed by atoms with Crippen LogP contribution < -0.4 is 4.90 Å². The number of hydrogen-bond acceptors (Lipinski definition) is 4. The quantitative estimate of drug-likeness (QED) is 0.850. The van der Waals surface area contributed by atoms with Gasteiger partial charge >= 0.3 is 0 Å². The van der Waals surface area contributed by atoms with Gasteiger partial charge in [-0.2, -0.15) is 4.99 Å². The molecule has 0 fully saturated rings. The zero-order chi connectivity index (χ0) is 15.9. The highest BCUT2D eigenvalue weighted by Crippen LogP contribution is 2.24. The molecule has 6 heteroatoms. The summed E-state index contributed by atoms with van der Waals surface area (Å²) in [5, 5.41) is 9.40. The second-order valence-corrected chi connectivity index (χ2v) is 5.31. The standard InChI is InChI=1S/C16H16N4O2/c1-10-8-14-18-16(21)13(15(17)20(14)22-10)9-11-4-6-12(7-5-11)19(2)3/h4-9,17H,1-3H3. The number of amidine groups is 2. The molecule has 2 aliphatic heterocycles. The molecule has 2 aliphatic rings. The van der Waals surface area contributed by atoms with Gasteiger partial charge in [0.1, 0.15) is 5.76 Å². The third kappa shape index (κ3) is 2.39. The molecule has 1 N–H and O–H groups in total. The first-order valence-corrected chi connectivity index (χ1v) is 6.83. The number of nitrogens with zero attached hydrogens (tertiary/aromatic N) is 3. The molecular formula is C16H16N4O2. The van der Waals surface area contributed by atoms with Crippen LogP contribution in [0, 0.1) is 5.41 Å². The number of carbonyl (C=O) groups excluding carboxylic acids is 1. The zero-order valence-corrected chi connectivity index (χ0v) is 12.6. The lowest BCUT2D eigenvalue weighted by molar-refractivity contribution is -0.114. The van der Waals surface area contributed by atoms with Crippen LogP contribution >= 0.6 is 0 Å². The molecule has 1 aromatic rings. The monoisotopic (exact) mass is 296 g/mol. The number of amides is 1. The Kier molecular flexibility index (Phi) is 3.29. The summed E-state index contributed by atoms with van der Waals surface area (Å²) in [5.41, 5.74) is 2.11. The summed E-state index contributed by atoms with van der Waals surface area (Å²) in [6.07, 6.45) is 3.29. The van der Waals surface area contributed by atoms with Crippen LogP contribution in [0.3, 0.4) is 0 Å². The molecule has 3 rings (SSSR count). The summed E-state index contributed by atoms with van der Waals surface area (Å²) in [6.45, 7) is 1.75. The van der Waals surface area contributed by atoms with E-state index in [-0.39, 0.29) is 11.4 Å². The lowest BCUT2D eigenvalue weighted by atomic mass is 10.1. The number of allylic oxidation sites excluding steroid dienone is 1. The fourth-order valence-electron chi connectivity index (χ4n) is 2.24. The Hall–Kier alpha value is -2.89. The van der Waals surface area contributed by atoms with E-state index in [4.69, 9.17) is 10.2 Å². The van der Waals surface area contributed by atoms with Crippen molar-refractivity contribution in [3.8, 4) is 0 Å². The van der Waals surface area contributed by atoms with E-state index in [0.29, 0.717) is 11.6 Å². The summed E-state index contributed by atoms with van der Waals surface area (Å²) < 4.78 is 0. The summed E-state index contributed by atoms with van der Waals surface area (Å²) in [7, 11) is 3.92. The van der Waals surface area contributed by atoms with Gasteiger partial charge in [0.15, 0.2) is 11.7 Å². The predicted molar refractivity (Wildman–Crippen MR) is 85.6 cm³/mol. The molecule has 1 aromatic carbocycles. The van der Waals surface area contributed by atoms with E-state index >= 15 is 0 Å². The first-order chi connectivity index (χ1) is 10.5. The molecule has 0 aliphatic carbocycles. The van der Waals surface area contributed by atoms with Crippen molar-refractivity contribution >= 4 is 29.3 Å². The van der Waals surface area contributed by atoms with Gasteiger partial charge in [-0.15, -0.1) is 5.06 Å². The van der Waals surface area contributed by atoms with Crippen LogP contribution in [0.4, 0.5) is 5.69 Å². The number of benzene rings is 1. The van der Waals surface area contributed by atoms with Crippen LogP contribution in [-0.2, 0) is 9.63 Å². The summed E-state index contributed by atoms with van der Waals surface area (Å²) in [6, 6.07) is 7.71. The molecule has 0 spiro atoms. The van der Waals surface area contributed by atoms with E-state index in [1.807, 2.05) is 43.3 Å². The van der Waals surface area contributed by atoms with Crippen LogP contribution in [0.2, 0.25) is 0 Å². The fraction of sp³-hybridized carbons (Fsp3) is 0.188. The first kappa shape index (κ1) is 14.1. The van der Waals surface area contributed by atoms with E-state index in [9.17, 15) is 4.79 Å². The zero-order valence-electron chi connectivity index (χ0n) is 12.6. The van der Waals surface area contributed by atoms with Crippen molar-refractivity contribution in [3.63, 3.8) is 0 Å².